The predicted molar refractivity (Wildman–Crippen MR) is 121 cm³/mol. The fraction of sp³-hybridized carbons (Fsp3) is 0.320. The van der Waals surface area contributed by atoms with Crippen LogP contribution in [0.15, 0.2) is 54.7 Å². The monoisotopic (exact) mass is 462 g/mol. The van der Waals surface area contributed by atoms with E-state index in [1.165, 1.54) is 16.7 Å². The number of hydrogen-bond acceptors (Lipinski definition) is 6. The summed E-state index contributed by atoms with van der Waals surface area (Å²) < 4.78 is 12.1. The Labute approximate surface area is 194 Å². The van der Waals surface area contributed by atoms with Gasteiger partial charge in [-0.1, -0.05) is 41.7 Å². The van der Waals surface area contributed by atoms with Crippen molar-refractivity contribution >= 4 is 23.2 Å². The number of carbonyl (C=O) groups excluding carboxylic acids is 1. The van der Waals surface area contributed by atoms with Gasteiger partial charge in [0.05, 0.1) is 6.20 Å². The van der Waals surface area contributed by atoms with Gasteiger partial charge in [0.2, 0.25) is 0 Å². The molecule has 2 aromatic carbocycles. The molecule has 33 heavy (non-hydrogen) atoms. The van der Waals surface area contributed by atoms with Crippen LogP contribution >= 0.6 is 11.3 Å². The van der Waals surface area contributed by atoms with Crippen molar-refractivity contribution in [2.24, 2.45) is 11.8 Å². The van der Waals surface area contributed by atoms with E-state index in [1.807, 2.05) is 36.4 Å². The number of ether oxygens (including phenoxy) is 2. The van der Waals surface area contributed by atoms with Crippen molar-refractivity contribution in [2.45, 2.75) is 31.4 Å². The molecule has 2 aliphatic heterocycles. The van der Waals surface area contributed by atoms with E-state index >= 15 is 0 Å². The Morgan fingerprint density at radius 1 is 1.18 bits per heavy atom. The maximum absolute atomic E-state index is 12.9. The molecule has 0 unspecified atom stereocenters. The molecular weight excluding hydrogens is 440 g/mol. The maximum Gasteiger partial charge on any atom is 0.326 e. The van der Waals surface area contributed by atoms with Gasteiger partial charge in [-0.3, -0.25) is 4.79 Å². The lowest BCUT2D eigenvalue weighted by Gasteiger charge is -2.26. The third kappa shape index (κ3) is 3.74. The highest BCUT2D eigenvalue weighted by atomic mass is 32.1. The van der Waals surface area contributed by atoms with Crippen LogP contribution in [0.25, 0.3) is 0 Å². The number of benzene rings is 2. The summed E-state index contributed by atoms with van der Waals surface area (Å²) in [4.78, 5) is 30.6. The zero-order valence-corrected chi connectivity index (χ0v) is 18.5. The fourth-order valence-electron chi connectivity index (χ4n) is 4.97. The molecule has 3 heterocycles. The molecule has 1 aliphatic carbocycles. The second-order valence-electron chi connectivity index (χ2n) is 8.82. The van der Waals surface area contributed by atoms with E-state index in [2.05, 4.69) is 17.1 Å². The summed E-state index contributed by atoms with van der Waals surface area (Å²) >= 11 is 1.14. The Balaban J connectivity index is 1.14. The van der Waals surface area contributed by atoms with E-state index in [0.717, 1.165) is 41.9 Å². The number of aliphatic carboxylic acids is 1. The van der Waals surface area contributed by atoms with Crippen molar-refractivity contribution in [3.05, 3.63) is 70.7 Å². The molecule has 2 fully saturated rings. The Bertz CT molecular complexity index is 1230. The van der Waals surface area contributed by atoms with Crippen molar-refractivity contribution in [3.63, 3.8) is 0 Å². The minimum atomic E-state index is -0.930. The van der Waals surface area contributed by atoms with Crippen LogP contribution in [0.5, 0.6) is 16.7 Å². The van der Waals surface area contributed by atoms with Gasteiger partial charge in [-0.25, -0.2) is 9.78 Å². The molecule has 0 radical (unpaired) electrons. The lowest BCUT2D eigenvalue weighted by molar-refractivity contribution is -0.142. The highest BCUT2D eigenvalue weighted by Gasteiger charge is 2.57. The molecule has 1 amide bonds. The molecule has 1 aromatic heterocycles. The molecule has 7 nitrogen and oxygen atoms in total. The number of carboxylic acids is 1. The number of thiazole rings is 1. The van der Waals surface area contributed by atoms with Crippen molar-refractivity contribution < 1.29 is 24.2 Å². The first-order chi connectivity index (χ1) is 16.1. The number of aromatic nitrogens is 1. The van der Waals surface area contributed by atoms with E-state index in [0.29, 0.717) is 28.3 Å². The maximum atomic E-state index is 12.9. The van der Waals surface area contributed by atoms with Crippen LogP contribution in [-0.2, 0) is 11.2 Å². The Kier molecular flexibility index (Phi) is 4.83. The first kappa shape index (κ1) is 20.2. The quantitative estimate of drug-likeness (QED) is 0.599. The van der Waals surface area contributed by atoms with Crippen LogP contribution in [-0.4, -0.2) is 39.5 Å². The van der Waals surface area contributed by atoms with Crippen molar-refractivity contribution in [1.29, 1.82) is 0 Å². The summed E-state index contributed by atoms with van der Waals surface area (Å²) in [5.74, 6) is 0.680. The number of carboxylic acid groups (broad SMARTS) is 1. The van der Waals surface area contributed by atoms with Crippen LogP contribution in [0, 0.1) is 11.8 Å². The summed E-state index contributed by atoms with van der Waals surface area (Å²) in [5.41, 5.74) is 2.25. The third-order valence-electron chi connectivity index (χ3n) is 6.71. The minimum absolute atomic E-state index is 0.0456. The van der Waals surface area contributed by atoms with Gasteiger partial charge in [-0.05, 0) is 60.4 Å². The van der Waals surface area contributed by atoms with Crippen LogP contribution in [0.3, 0.4) is 0 Å². The standard InChI is InChI=1S/C25H22N2O5S/c28-23(27-13-16-11-18(16)22(27)24(29)30)21-12-26-25(33-21)31-17-7-9-20-15(10-17)6-8-19(32-20)14-4-2-1-3-5-14/h1-5,7,9-10,12,16,18-19,22H,6,8,11,13H2,(H,29,30)/t16-,18-,19+,22+/m1/s1. The molecule has 1 N–H and O–H groups in total. The largest absolute Gasteiger partial charge is 0.485 e. The van der Waals surface area contributed by atoms with Gasteiger partial charge in [0, 0.05) is 6.54 Å². The van der Waals surface area contributed by atoms with Crippen LogP contribution < -0.4 is 9.47 Å². The third-order valence-corrected chi connectivity index (χ3v) is 7.58. The normalized spacial score (nSPS) is 25.0. The number of likely N-dealkylation sites (tertiary alicyclic amines) is 1. The summed E-state index contributed by atoms with van der Waals surface area (Å²) in [6, 6.07) is 15.2. The smallest absolute Gasteiger partial charge is 0.326 e. The van der Waals surface area contributed by atoms with Gasteiger partial charge in [0.1, 0.15) is 28.5 Å². The molecule has 0 bridgehead atoms. The van der Waals surface area contributed by atoms with Gasteiger partial charge in [0.25, 0.3) is 11.1 Å². The molecule has 8 heteroatoms. The lowest BCUT2D eigenvalue weighted by Crippen LogP contribution is -2.43. The van der Waals surface area contributed by atoms with Crippen LogP contribution in [0.1, 0.15) is 39.7 Å². The van der Waals surface area contributed by atoms with E-state index in [-0.39, 0.29) is 17.9 Å². The predicted octanol–water partition coefficient (Wildman–Crippen LogP) is 4.55. The molecule has 0 spiro atoms. The second kappa shape index (κ2) is 7.88. The van der Waals surface area contributed by atoms with Gasteiger partial charge in [0.15, 0.2) is 0 Å². The number of fused-ring (bicyclic) bond motifs is 2. The van der Waals surface area contributed by atoms with Gasteiger partial charge < -0.3 is 19.5 Å². The van der Waals surface area contributed by atoms with Gasteiger partial charge in [-0.2, -0.15) is 0 Å². The summed E-state index contributed by atoms with van der Waals surface area (Å²) in [6.45, 7) is 0.503. The van der Waals surface area contributed by atoms with Crippen LogP contribution in [0.2, 0.25) is 0 Å². The number of hydrogen-bond donors (Lipinski definition) is 1. The minimum Gasteiger partial charge on any atom is -0.485 e. The first-order valence-electron chi connectivity index (χ1n) is 11.1. The summed E-state index contributed by atoms with van der Waals surface area (Å²) in [7, 11) is 0. The van der Waals surface area contributed by atoms with Gasteiger partial charge >= 0.3 is 5.97 Å². The van der Waals surface area contributed by atoms with Crippen molar-refractivity contribution in [1.82, 2.24) is 9.88 Å². The van der Waals surface area contributed by atoms with Gasteiger partial charge in [-0.15, -0.1) is 0 Å². The number of aryl methyl sites for hydroxylation is 1. The van der Waals surface area contributed by atoms with Crippen LogP contribution in [0.4, 0.5) is 0 Å². The Hall–Kier alpha value is -3.39. The number of amides is 1. The number of rotatable bonds is 5. The zero-order valence-electron chi connectivity index (χ0n) is 17.7. The lowest BCUT2D eigenvalue weighted by atomic mass is 9.97. The molecule has 3 aromatic rings. The summed E-state index contributed by atoms with van der Waals surface area (Å²) in [5, 5.41) is 9.87. The highest BCUT2D eigenvalue weighted by Crippen LogP contribution is 2.50. The van der Waals surface area contributed by atoms with Crippen molar-refractivity contribution in [3.8, 4) is 16.7 Å². The van der Waals surface area contributed by atoms with E-state index in [9.17, 15) is 14.7 Å². The molecular formula is C25H22N2O5S. The number of piperidine rings is 1. The average molecular weight is 463 g/mol. The molecule has 3 aliphatic rings. The molecule has 1 saturated carbocycles. The van der Waals surface area contributed by atoms with E-state index < -0.39 is 12.0 Å². The highest BCUT2D eigenvalue weighted by molar-refractivity contribution is 7.15. The van der Waals surface area contributed by atoms with Crippen molar-refractivity contribution in [2.75, 3.05) is 6.54 Å². The Morgan fingerprint density at radius 2 is 2.03 bits per heavy atom. The van der Waals surface area contributed by atoms with E-state index in [4.69, 9.17) is 9.47 Å². The molecule has 4 atom stereocenters. The fourth-order valence-corrected chi connectivity index (χ4v) is 5.71. The molecule has 1 saturated heterocycles. The summed E-state index contributed by atoms with van der Waals surface area (Å²) in [6.07, 6.45) is 4.17. The SMILES string of the molecule is O=C(O)[C@@H]1[C@@H]2C[C@@H]2CN1C(=O)c1cnc(Oc2ccc3c(c2)CC[C@@H](c2ccccc2)O3)s1. The zero-order chi connectivity index (χ0) is 22.5. The molecule has 6 rings (SSSR count). The number of carbonyl (C=O) groups is 2. The topological polar surface area (TPSA) is 89.0 Å². The average Bonchev–Trinajstić information content (AvgIpc) is 3.25. The van der Waals surface area contributed by atoms with E-state index in [1.54, 1.807) is 0 Å². The molecule has 168 valence electrons. The first-order valence-corrected chi connectivity index (χ1v) is 11.9. The number of nitrogens with zero attached hydrogens (tertiary/aromatic N) is 2. The Morgan fingerprint density at radius 3 is 2.85 bits per heavy atom. The second-order valence-corrected chi connectivity index (χ2v) is 9.81.